The van der Waals surface area contributed by atoms with Crippen molar-refractivity contribution in [1.82, 2.24) is 5.32 Å². The molecular formula is C16H20ClNO4. The van der Waals surface area contributed by atoms with Crippen LogP contribution in [0.3, 0.4) is 0 Å². The lowest BCUT2D eigenvalue weighted by Crippen LogP contribution is -2.38. The quantitative estimate of drug-likeness (QED) is 0.872. The van der Waals surface area contributed by atoms with E-state index in [1.807, 2.05) is 0 Å². The lowest BCUT2D eigenvalue weighted by molar-refractivity contribution is -0.142. The lowest BCUT2D eigenvalue weighted by Gasteiger charge is -2.23. The summed E-state index contributed by atoms with van der Waals surface area (Å²) in [6, 6.07) is 3.61. The average Bonchev–Trinajstić information content (AvgIpc) is 2.52. The molecule has 1 aliphatic carbocycles. The van der Waals surface area contributed by atoms with Crippen molar-refractivity contribution in [2.75, 3.05) is 7.11 Å². The number of aliphatic carboxylic acids is 1. The van der Waals surface area contributed by atoms with E-state index in [2.05, 4.69) is 5.32 Å². The first-order valence-electron chi connectivity index (χ1n) is 7.39. The van der Waals surface area contributed by atoms with E-state index in [1.54, 1.807) is 12.1 Å². The van der Waals surface area contributed by atoms with E-state index in [1.165, 1.54) is 13.2 Å². The third kappa shape index (κ3) is 3.91. The molecule has 1 amide bonds. The van der Waals surface area contributed by atoms with Gasteiger partial charge in [0.15, 0.2) is 6.04 Å². The Morgan fingerprint density at radius 2 is 2.00 bits per heavy atom. The molecule has 1 saturated carbocycles. The number of rotatable bonds is 5. The number of carbonyl (C=O) groups excluding carboxylic acids is 1. The van der Waals surface area contributed by atoms with Gasteiger partial charge in [-0.3, -0.25) is 4.79 Å². The van der Waals surface area contributed by atoms with Crippen LogP contribution >= 0.6 is 11.6 Å². The van der Waals surface area contributed by atoms with Gasteiger partial charge in [-0.1, -0.05) is 36.9 Å². The van der Waals surface area contributed by atoms with Gasteiger partial charge in [-0.15, -0.1) is 0 Å². The number of amides is 1. The number of carboxylic acids is 1. The van der Waals surface area contributed by atoms with Gasteiger partial charge in [0.25, 0.3) is 0 Å². The zero-order valence-electron chi connectivity index (χ0n) is 12.5. The number of methoxy groups -OCH3 is 1. The van der Waals surface area contributed by atoms with Gasteiger partial charge in [0, 0.05) is 5.92 Å². The van der Waals surface area contributed by atoms with Crippen LogP contribution in [0.5, 0.6) is 5.75 Å². The summed E-state index contributed by atoms with van der Waals surface area (Å²) in [4.78, 5) is 23.8. The fourth-order valence-electron chi connectivity index (χ4n) is 2.77. The highest BCUT2D eigenvalue weighted by molar-refractivity contribution is 6.32. The summed E-state index contributed by atoms with van der Waals surface area (Å²) >= 11 is 6.03. The Bertz CT molecular complexity index is 555. The molecule has 22 heavy (non-hydrogen) atoms. The van der Waals surface area contributed by atoms with Crippen LogP contribution in [0, 0.1) is 5.92 Å². The highest BCUT2D eigenvalue weighted by Crippen LogP contribution is 2.29. The SMILES string of the molecule is COc1ccc(C(NC(=O)C2CCCCC2)C(=O)O)cc1Cl. The van der Waals surface area contributed by atoms with Crippen molar-refractivity contribution in [2.24, 2.45) is 5.92 Å². The Morgan fingerprint density at radius 1 is 1.32 bits per heavy atom. The first-order valence-corrected chi connectivity index (χ1v) is 7.77. The molecular weight excluding hydrogens is 306 g/mol. The van der Waals surface area contributed by atoms with E-state index in [-0.39, 0.29) is 11.8 Å². The predicted molar refractivity (Wildman–Crippen MR) is 83.1 cm³/mol. The largest absolute Gasteiger partial charge is 0.495 e. The fourth-order valence-corrected chi connectivity index (χ4v) is 3.04. The van der Waals surface area contributed by atoms with Crippen LogP contribution in [0.15, 0.2) is 18.2 Å². The molecule has 1 unspecified atom stereocenters. The van der Waals surface area contributed by atoms with Crippen molar-refractivity contribution in [3.8, 4) is 5.75 Å². The van der Waals surface area contributed by atoms with Gasteiger partial charge in [-0.25, -0.2) is 4.79 Å². The highest BCUT2D eigenvalue weighted by Gasteiger charge is 2.27. The Morgan fingerprint density at radius 3 is 2.55 bits per heavy atom. The predicted octanol–water partition coefficient (Wildman–Crippen LogP) is 3.17. The van der Waals surface area contributed by atoms with Crippen molar-refractivity contribution in [3.63, 3.8) is 0 Å². The molecule has 2 N–H and O–H groups in total. The van der Waals surface area contributed by atoms with Crippen molar-refractivity contribution in [1.29, 1.82) is 0 Å². The van der Waals surface area contributed by atoms with Gasteiger partial charge < -0.3 is 15.2 Å². The lowest BCUT2D eigenvalue weighted by atomic mass is 9.88. The molecule has 0 heterocycles. The van der Waals surface area contributed by atoms with Gasteiger partial charge in [-0.2, -0.15) is 0 Å². The molecule has 0 bridgehead atoms. The van der Waals surface area contributed by atoms with E-state index >= 15 is 0 Å². The van der Waals surface area contributed by atoms with E-state index in [4.69, 9.17) is 16.3 Å². The summed E-state index contributed by atoms with van der Waals surface area (Å²) in [5.41, 5.74) is 0.433. The van der Waals surface area contributed by atoms with Gasteiger partial charge in [0.05, 0.1) is 12.1 Å². The molecule has 2 rings (SSSR count). The molecule has 1 aliphatic rings. The molecule has 1 aromatic carbocycles. The summed E-state index contributed by atoms with van der Waals surface area (Å²) < 4.78 is 5.05. The minimum absolute atomic E-state index is 0.0932. The van der Waals surface area contributed by atoms with Gasteiger partial charge in [0.1, 0.15) is 5.75 Å². The molecule has 0 spiro atoms. The molecule has 120 valence electrons. The molecule has 0 radical (unpaired) electrons. The van der Waals surface area contributed by atoms with Crippen LogP contribution in [-0.4, -0.2) is 24.1 Å². The minimum Gasteiger partial charge on any atom is -0.495 e. The highest BCUT2D eigenvalue weighted by atomic mass is 35.5. The number of nitrogens with one attached hydrogen (secondary N) is 1. The number of halogens is 1. The number of hydrogen-bond donors (Lipinski definition) is 2. The average molecular weight is 326 g/mol. The Labute approximate surface area is 134 Å². The van der Waals surface area contributed by atoms with E-state index < -0.39 is 12.0 Å². The molecule has 5 nitrogen and oxygen atoms in total. The second-order valence-electron chi connectivity index (χ2n) is 5.51. The van der Waals surface area contributed by atoms with Crippen molar-refractivity contribution in [2.45, 2.75) is 38.1 Å². The van der Waals surface area contributed by atoms with Gasteiger partial charge in [0.2, 0.25) is 5.91 Å². The fraction of sp³-hybridized carbons (Fsp3) is 0.500. The van der Waals surface area contributed by atoms with Gasteiger partial charge in [-0.05, 0) is 30.5 Å². The van der Waals surface area contributed by atoms with Crippen molar-refractivity contribution in [3.05, 3.63) is 28.8 Å². The maximum absolute atomic E-state index is 12.3. The molecule has 1 fully saturated rings. The third-order valence-corrected chi connectivity index (χ3v) is 4.31. The van der Waals surface area contributed by atoms with E-state index in [9.17, 15) is 14.7 Å². The monoisotopic (exact) mass is 325 g/mol. The molecule has 6 heteroatoms. The molecule has 0 aliphatic heterocycles. The van der Waals surface area contributed by atoms with E-state index in [0.29, 0.717) is 16.3 Å². The van der Waals surface area contributed by atoms with Crippen LogP contribution < -0.4 is 10.1 Å². The Hall–Kier alpha value is -1.75. The van der Waals surface area contributed by atoms with Crippen LogP contribution in [0.4, 0.5) is 0 Å². The summed E-state index contributed by atoms with van der Waals surface area (Å²) in [6.45, 7) is 0. The summed E-state index contributed by atoms with van der Waals surface area (Å²) in [5, 5.41) is 12.3. The zero-order valence-corrected chi connectivity index (χ0v) is 13.2. The van der Waals surface area contributed by atoms with Crippen LogP contribution in [0.2, 0.25) is 5.02 Å². The maximum atomic E-state index is 12.3. The Balaban J connectivity index is 2.14. The summed E-state index contributed by atoms with van der Waals surface area (Å²) in [6.07, 6.45) is 4.82. The zero-order chi connectivity index (χ0) is 16.1. The van der Waals surface area contributed by atoms with Crippen LogP contribution in [0.25, 0.3) is 0 Å². The minimum atomic E-state index is -1.11. The standard InChI is InChI=1S/C16H20ClNO4/c1-22-13-8-7-11(9-12(13)17)14(16(20)21)18-15(19)10-5-3-2-4-6-10/h7-10,14H,2-6H2,1H3,(H,18,19)(H,20,21). The normalized spacial score (nSPS) is 16.8. The molecule has 0 aromatic heterocycles. The van der Waals surface area contributed by atoms with Crippen LogP contribution in [0.1, 0.15) is 43.7 Å². The summed E-state index contributed by atoms with van der Waals surface area (Å²) in [7, 11) is 1.49. The number of carboxylic acid groups (broad SMARTS) is 1. The first-order chi connectivity index (χ1) is 10.5. The molecule has 1 atom stereocenters. The third-order valence-electron chi connectivity index (χ3n) is 4.02. The second-order valence-corrected chi connectivity index (χ2v) is 5.92. The van der Waals surface area contributed by atoms with Gasteiger partial charge >= 0.3 is 5.97 Å². The second kappa shape index (κ2) is 7.49. The number of benzene rings is 1. The number of ether oxygens (including phenoxy) is 1. The number of carbonyl (C=O) groups is 2. The molecule has 0 saturated heterocycles. The van der Waals surface area contributed by atoms with Crippen LogP contribution in [-0.2, 0) is 9.59 Å². The van der Waals surface area contributed by atoms with Crippen molar-refractivity contribution < 1.29 is 19.4 Å². The summed E-state index contributed by atoms with van der Waals surface area (Å²) in [5.74, 6) is -0.929. The maximum Gasteiger partial charge on any atom is 0.330 e. The smallest absolute Gasteiger partial charge is 0.330 e. The molecule has 1 aromatic rings. The first kappa shape index (κ1) is 16.6. The van der Waals surface area contributed by atoms with E-state index in [0.717, 1.165) is 32.1 Å². The Kier molecular flexibility index (Phi) is 5.66. The van der Waals surface area contributed by atoms with Crippen molar-refractivity contribution >= 4 is 23.5 Å². The number of hydrogen-bond acceptors (Lipinski definition) is 3. The topological polar surface area (TPSA) is 75.6 Å².